The molecule has 0 unspecified atom stereocenters. The maximum Gasteiger partial charge on any atom is 0.128 e. The van der Waals surface area contributed by atoms with Crippen LogP contribution in [-0.2, 0) is 0 Å². The molecule has 4 heteroatoms. The van der Waals surface area contributed by atoms with Crippen LogP contribution in [0.2, 0.25) is 0 Å². The van der Waals surface area contributed by atoms with Gasteiger partial charge in [-0.2, -0.15) is 0 Å². The summed E-state index contributed by atoms with van der Waals surface area (Å²) in [5.74, 6) is -0.900. The third kappa shape index (κ3) is 2.75. The molecule has 2 nitrogen and oxygen atoms in total. The minimum absolute atomic E-state index is 0.0265. The lowest BCUT2D eigenvalue weighted by atomic mass is 10.1. The van der Waals surface area contributed by atoms with Gasteiger partial charge in [0, 0.05) is 18.2 Å². The summed E-state index contributed by atoms with van der Waals surface area (Å²) in [5.41, 5.74) is 0.276. The van der Waals surface area contributed by atoms with E-state index in [2.05, 4.69) is 5.32 Å². The van der Waals surface area contributed by atoms with Gasteiger partial charge in [-0.1, -0.05) is 0 Å². The molecule has 14 heavy (non-hydrogen) atoms. The summed E-state index contributed by atoms with van der Waals surface area (Å²) in [7, 11) is 0. The highest BCUT2D eigenvalue weighted by molar-refractivity contribution is 5.21. The van der Waals surface area contributed by atoms with Gasteiger partial charge in [0.2, 0.25) is 0 Å². The van der Waals surface area contributed by atoms with Crippen LogP contribution in [0.25, 0.3) is 0 Å². The zero-order valence-electron chi connectivity index (χ0n) is 7.93. The van der Waals surface area contributed by atoms with Gasteiger partial charge in [-0.15, -0.1) is 0 Å². The number of aliphatic hydroxyl groups excluding tert-OH is 1. The number of benzene rings is 1. The Morgan fingerprint density at radius 1 is 1.43 bits per heavy atom. The fourth-order valence-corrected chi connectivity index (χ4v) is 1.24. The van der Waals surface area contributed by atoms with Gasteiger partial charge in [-0.3, -0.25) is 0 Å². The molecule has 0 fully saturated rings. The molecule has 0 spiro atoms. The number of hydrogen-bond donors (Lipinski definition) is 2. The largest absolute Gasteiger partial charge is 0.395 e. The van der Waals surface area contributed by atoms with Crippen molar-refractivity contribution in [3.8, 4) is 0 Å². The normalized spacial score (nSPS) is 12.9. The Labute approximate surface area is 81.6 Å². The summed E-state index contributed by atoms with van der Waals surface area (Å²) in [5, 5.41) is 11.4. The molecule has 0 saturated carbocycles. The maximum atomic E-state index is 13.2. The molecular weight excluding hydrogens is 188 g/mol. The first-order valence-electron chi connectivity index (χ1n) is 4.44. The summed E-state index contributed by atoms with van der Waals surface area (Å²) < 4.78 is 26.0. The van der Waals surface area contributed by atoms with Crippen molar-refractivity contribution in [1.29, 1.82) is 0 Å². The van der Waals surface area contributed by atoms with E-state index >= 15 is 0 Å². The Morgan fingerprint density at radius 2 is 2.14 bits per heavy atom. The standard InChI is InChI=1S/C10H13F2NO/c1-7(13-4-5-14)9-6-8(11)2-3-10(9)12/h2-3,6-7,13-14H,4-5H2,1H3/t7-/m1/s1. The van der Waals surface area contributed by atoms with Gasteiger partial charge < -0.3 is 10.4 Å². The van der Waals surface area contributed by atoms with E-state index in [1.807, 2.05) is 0 Å². The Morgan fingerprint density at radius 3 is 2.79 bits per heavy atom. The molecule has 0 saturated heterocycles. The van der Waals surface area contributed by atoms with Gasteiger partial charge in [-0.25, -0.2) is 8.78 Å². The fourth-order valence-electron chi connectivity index (χ4n) is 1.24. The van der Waals surface area contributed by atoms with E-state index in [1.54, 1.807) is 6.92 Å². The molecule has 0 bridgehead atoms. The average Bonchev–Trinajstić information content (AvgIpc) is 2.18. The number of hydrogen-bond acceptors (Lipinski definition) is 2. The summed E-state index contributed by atoms with van der Waals surface area (Å²) in [4.78, 5) is 0. The van der Waals surface area contributed by atoms with Crippen molar-refractivity contribution >= 4 is 0 Å². The van der Waals surface area contributed by atoms with Crippen molar-refractivity contribution in [1.82, 2.24) is 5.32 Å². The third-order valence-electron chi connectivity index (χ3n) is 1.99. The van der Waals surface area contributed by atoms with Crippen molar-refractivity contribution in [2.45, 2.75) is 13.0 Å². The molecule has 0 heterocycles. The van der Waals surface area contributed by atoms with Crippen molar-refractivity contribution in [3.05, 3.63) is 35.4 Å². The van der Waals surface area contributed by atoms with Crippen LogP contribution >= 0.6 is 0 Å². The van der Waals surface area contributed by atoms with Crippen LogP contribution in [0.3, 0.4) is 0 Å². The average molecular weight is 201 g/mol. The Kier molecular flexibility index (Phi) is 3.98. The molecule has 2 N–H and O–H groups in total. The zero-order chi connectivity index (χ0) is 10.6. The molecule has 1 aromatic carbocycles. The quantitative estimate of drug-likeness (QED) is 0.775. The number of nitrogens with one attached hydrogen (secondary N) is 1. The number of aliphatic hydroxyl groups is 1. The molecule has 0 aliphatic rings. The van der Waals surface area contributed by atoms with Crippen LogP contribution in [0.15, 0.2) is 18.2 Å². The minimum Gasteiger partial charge on any atom is -0.395 e. The van der Waals surface area contributed by atoms with Gasteiger partial charge >= 0.3 is 0 Å². The maximum absolute atomic E-state index is 13.2. The van der Waals surface area contributed by atoms with Crippen LogP contribution in [-0.4, -0.2) is 18.3 Å². The van der Waals surface area contributed by atoms with Gasteiger partial charge in [0.15, 0.2) is 0 Å². The number of rotatable bonds is 4. The molecule has 0 aromatic heterocycles. The topological polar surface area (TPSA) is 32.3 Å². The Hall–Kier alpha value is -1.00. The Balaban J connectivity index is 2.77. The van der Waals surface area contributed by atoms with E-state index in [0.29, 0.717) is 6.54 Å². The van der Waals surface area contributed by atoms with Crippen LogP contribution in [0.5, 0.6) is 0 Å². The van der Waals surface area contributed by atoms with E-state index < -0.39 is 11.6 Å². The molecule has 1 rings (SSSR count). The predicted octanol–water partition coefficient (Wildman–Crippen LogP) is 1.61. The zero-order valence-corrected chi connectivity index (χ0v) is 7.93. The fraction of sp³-hybridized carbons (Fsp3) is 0.400. The lowest BCUT2D eigenvalue weighted by Crippen LogP contribution is -2.23. The summed E-state index contributed by atoms with van der Waals surface area (Å²) in [6.45, 7) is 2.05. The van der Waals surface area contributed by atoms with E-state index in [4.69, 9.17) is 5.11 Å². The molecule has 1 aromatic rings. The lowest BCUT2D eigenvalue weighted by Gasteiger charge is -2.13. The van der Waals surface area contributed by atoms with Crippen LogP contribution in [0, 0.1) is 11.6 Å². The predicted molar refractivity (Wildman–Crippen MR) is 49.9 cm³/mol. The van der Waals surface area contributed by atoms with Crippen LogP contribution in [0.4, 0.5) is 8.78 Å². The van der Waals surface area contributed by atoms with Crippen molar-refractivity contribution in [2.75, 3.05) is 13.2 Å². The summed E-state index contributed by atoms with van der Waals surface area (Å²) in [6.07, 6.45) is 0. The number of halogens is 2. The molecular formula is C10H13F2NO. The van der Waals surface area contributed by atoms with E-state index in [1.165, 1.54) is 0 Å². The lowest BCUT2D eigenvalue weighted by molar-refractivity contribution is 0.285. The van der Waals surface area contributed by atoms with Crippen LogP contribution < -0.4 is 5.32 Å². The highest BCUT2D eigenvalue weighted by Crippen LogP contribution is 2.17. The summed E-state index contributed by atoms with van der Waals surface area (Å²) >= 11 is 0. The highest BCUT2D eigenvalue weighted by atomic mass is 19.1. The first-order valence-corrected chi connectivity index (χ1v) is 4.44. The van der Waals surface area contributed by atoms with Crippen molar-refractivity contribution in [3.63, 3.8) is 0 Å². The van der Waals surface area contributed by atoms with Gasteiger partial charge in [-0.05, 0) is 25.1 Å². The molecule has 78 valence electrons. The SMILES string of the molecule is C[C@@H](NCCO)c1cc(F)ccc1F. The molecule has 1 atom stereocenters. The van der Waals surface area contributed by atoms with Crippen molar-refractivity contribution in [2.24, 2.45) is 0 Å². The minimum atomic E-state index is -0.459. The van der Waals surface area contributed by atoms with Gasteiger partial charge in [0.25, 0.3) is 0 Å². The second kappa shape index (κ2) is 5.02. The first kappa shape index (κ1) is 11.1. The second-order valence-electron chi connectivity index (χ2n) is 3.07. The van der Waals surface area contributed by atoms with E-state index in [-0.39, 0.29) is 18.2 Å². The highest BCUT2D eigenvalue weighted by Gasteiger charge is 2.10. The molecule has 0 aliphatic heterocycles. The third-order valence-corrected chi connectivity index (χ3v) is 1.99. The molecule has 0 aliphatic carbocycles. The van der Waals surface area contributed by atoms with E-state index in [9.17, 15) is 8.78 Å². The van der Waals surface area contributed by atoms with Gasteiger partial charge in [0.1, 0.15) is 11.6 Å². The Bertz CT molecular complexity index is 304. The smallest absolute Gasteiger partial charge is 0.128 e. The first-order chi connectivity index (χ1) is 6.65. The van der Waals surface area contributed by atoms with E-state index in [0.717, 1.165) is 18.2 Å². The second-order valence-corrected chi connectivity index (χ2v) is 3.07. The molecule has 0 radical (unpaired) electrons. The van der Waals surface area contributed by atoms with Crippen LogP contribution in [0.1, 0.15) is 18.5 Å². The monoisotopic (exact) mass is 201 g/mol. The molecule has 0 amide bonds. The summed E-state index contributed by atoms with van der Waals surface area (Å²) in [6, 6.07) is 3.03. The van der Waals surface area contributed by atoms with Gasteiger partial charge in [0.05, 0.1) is 6.61 Å². The van der Waals surface area contributed by atoms with Crippen molar-refractivity contribution < 1.29 is 13.9 Å².